The van der Waals surface area contributed by atoms with Crippen LogP contribution in [0, 0.1) is 0 Å². The maximum Gasteiger partial charge on any atom is 0.416 e. The fourth-order valence-electron chi connectivity index (χ4n) is 3.52. The minimum absolute atomic E-state index is 0.0883. The Hall–Kier alpha value is -2.48. The molecule has 30 heavy (non-hydrogen) atoms. The molecule has 162 valence electrons. The normalized spacial score (nSPS) is 17.0. The number of likely N-dealkylation sites (tertiary alicyclic amines) is 1. The van der Waals surface area contributed by atoms with Crippen molar-refractivity contribution in [2.24, 2.45) is 0 Å². The summed E-state index contributed by atoms with van der Waals surface area (Å²) in [6, 6.07) is 9.37. The Morgan fingerprint density at radius 3 is 2.47 bits per heavy atom. The number of rotatable bonds is 7. The topological polar surface area (TPSA) is 29.5 Å². The number of nitrogens with zero attached hydrogens (tertiary/aromatic N) is 1. The van der Waals surface area contributed by atoms with E-state index in [2.05, 4.69) is 0 Å². The van der Waals surface area contributed by atoms with Crippen molar-refractivity contribution >= 4 is 6.29 Å². The molecule has 0 amide bonds. The molecule has 1 heterocycles. The van der Waals surface area contributed by atoms with E-state index in [9.17, 15) is 26.7 Å². The van der Waals surface area contributed by atoms with Gasteiger partial charge in [0.2, 0.25) is 0 Å². The molecule has 0 aliphatic carbocycles. The molecule has 1 aliphatic rings. The van der Waals surface area contributed by atoms with Crippen LogP contribution in [0.4, 0.5) is 22.0 Å². The lowest BCUT2D eigenvalue weighted by Gasteiger charge is -2.32. The van der Waals surface area contributed by atoms with Gasteiger partial charge in [-0.15, -0.1) is 0 Å². The zero-order chi connectivity index (χ0) is 21.8. The number of ether oxygens (including phenoxy) is 1. The first-order chi connectivity index (χ1) is 14.2. The highest BCUT2D eigenvalue weighted by atomic mass is 19.4. The fraction of sp³-hybridized carbons (Fsp3) is 0.409. The largest absolute Gasteiger partial charge is 0.493 e. The molecule has 3 rings (SSSR count). The minimum atomic E-state index is -4.43. The molecule has 0 radical (unpaired) electrons. The Bertz CT molecular complexity index is 865. The number of halogens is 5. The van der Waals surface area contributed by atoms with Crippen LogP contribution < -0.4 is 4.74 Å². The van der Waals surface area contributed by atoms with Gasteiger partial charge in [0.15, 0.2) is 0 Å². The maximum absolute atomic E-state index is 13.5. The Morgan fingerprint density at radius 1 is 1.10 bits per heavy atom. The van der Waals surface area contributed by atoms with Crippen LogP contribution in [0.2, 0.25) is 0 Å². The summed E-state index contributed by atoms with van der Waals surface area (Å²) in [5.74, 6) is -2.30. The van der Waals surface area contributed by atoms with Crippen molar-refractivity contribution in [2.45, 2.75) is 31.4 Å². The molecule has 1 aliphatic heterocycles. The number of alkyl halides is 5. The molecule has 0 unspecified atom stereocenters. The molecule has 2 aromatic rings. The van der Waals surface area contributed by atoms with E-state index < -0.39 is 17.7 Å². The molecule has 0 bridgehead atoms. The van der Waals surface area contributed by atoms with Crippen molar-refractivity contribution in [3.8, 4) is 16.9 Å². The highest BCUT2D eigenvalue weighted by molar-refractivity contribution is 5.80. The highest BCUT2D eigenvalue weighted by Gasteiger charge is 2.34. The lowest BCUT2D eigenvalue weighted by Crippen LogP contribution is -2.43. The number of carbonyl (C=O) groups excluding carboxylic acids is 1. The molecule has 1 saturated heterocycles. The molecule has 0 N–H and O–H groups in total. The predicted octanol–water partition coefficient (Wildman–Crippen LogP) is 5.68. The van der Waals surface area contributed by atoms with Crippen LogP contribution >= 0.6 is 0 Å². The second-order valence-electron chi connectivity index (χ2n) is 7.39. The van der Waals surface area contributed by atoms with Gasteiger partial charge in [-0.25, -0.2) is 8.78 Å². The Labute approximate surface area is 171 Å². The van der Waals surface area contributed by atoms with Gasteiger partial charge in [0.05, 0.1) is 18.7 Å². The van der Waals surface area contributed by atoms with E-state index in [4.69, 9.17) is 4.74 Å². The average molecular weight is 427 g/mol. The standard InChI is InChI=1S/C22H22F5NO2/c23-21(24)9-1-10-28(15-21)11-2-12-30-20-13-16(14-29)3-8-19(20)17-4-6-18(7-5-17)22(25,26)27/h3-8,13-14H,1-2,9-12,15H2. The van der Waals surface area contributed by atoms with Crippen molar-refractivity contribution < 1.29 is 31.5 Å². The molecule has 1 fully saturated rings. The van der Waals surface area contributed by atoms with Gasteiger partial charge in [0.25, 0.3) is 5.92 Å². The highest BCUT2D eigenvalue weighted by Crippen LogP contribution is 2.34. The second-order valence-corrected chi connectivity index (χ2v) is 7.39. The van der Waals surface area contributed by atoms with Gasteiger partial charge >= 0.3 is 6.18 Å². The van der Waals surface area contributed by atoms with E-state index in [0.29, 0.717) is 54.7 Å². The van der Waals surface area contributed by atoms with Gasteiger partial charge in [0.1, 0.15) is 12.0 Å². The lowest BCUT2D eigenvalue weighted by atomic mass is 10.0. The van der Waals surface area contributed by atoms with Crippen molar-refractivity contribution in [1.82, 2.24) is 4.90 Å². The number of carbonyl (C=O) groups is 1. The summed E-state index contributed by atoms with van der Waals surface area (Å²) < 4.78 is 71.1. The third kappa shape index (κ3) is 5.78. The van der Waals surface area contributed by atoms with Crippen LogP contribution in [-0.2, 0) is 6.18 Å². The van der Waals surface area contributed by atoms with Gasteiger partial charge in [-0.3, -0.25) is 9.69 Å². The third-order valence-electron chi connectivity index (χ3n) is 5.01. The zero-order valence-electron chi connectivity index (χ0n) is 16.2. The Morgan fingerprint density at radius 2 is 1.83 bits per heavy atom. The molecular weight excluding hydrogens is 405 g/mol. The first kappa shape index (κ1) is 22.2. The first-order valence-corrected chi connectivity index (χ1v) is 9.68. The van der Waals surface area contributed by atoms with Gasteiger partial charge in [-0.1, -0.05) is 18.2 Å². The maximum atomic E-state index is 13.5. The molecule has 8 heteroatoms. The summed E-state index contributed by atoms with van der Waals surface area (Å²) >= 11 is 0. The third-order valence-corrected chi connectivity index (χ3v) is 5.01. The molecular formula is C22H22F5NO2. The van der Waals surface area contributed by atoms with Gasteiger partial charge in [0, 0.05) is 24.1 Å². The molecule has 3 nitrogen and oxygen atoms in total. The van der Waals surface area contributed by atoms with Gasteiger partial charge < -0.3 is 4.74 Å². The molecule has 0 atom stereocenters. The van der Waals surface area contributed by atoms with Gasteiger partial charge in [-0.05, 0) is 49.2 Å². The number of piperidine rings is 1. The number of aldehydes is 1. The number of benzene rings is 2. The molecule has 2 aromatic carbocycles. The quantitative estimate of drug-likeness (QED) is 0.323. The van der Waals surface area contributed by atoms with Crippen LogP contribution in [-0.4, -0.2) is 43.3 Å². The Kier molecular flexibility index (Phi) is 6.75. The van der Waals surface area contributed by atoms with Crippen LogP contribution in [0.1, 0.15) is 35.2 Å². The summed E-state index contributed by atoms with van der Waals surface area (Å²) in [6.45, 7) is 1.05. The van der Waals surface area contributed by atoms with E-state index >= 15 is 0 Å². The summed E-state index contributed by atoms with van der Waals surface area (Å²) in [5, 5.41) is 0. The van der Waals surface area contributed by atoms with E-state index in [1.165, 1.54) is 18.2 Å². The van der Waals surface area contributed by atoms with Crippen molar-refractivity contribution in [3.05, 3.63) is 53.6 Å². The fourth-order valence-corrected chi connectivity index (χ4v) is 3.52. The number of hydrogen-bond donors (Lipinski definition) is 0. The van der Waals surface area contributed by atoms with E-state index in [1.54, 1.807) is 17.0 Å². The van der Waals surface area contributed by atoms with Crippen molar-refractivity contribution in [1.29, 1.82) is 0 Å². The first-order valence-electron chi connectivity index (χ1n) is 9.68. The van der Waals surface area contributed by atoms with Crippen molar-refractivity contribution in [2.75, 3.05) is 26.2 Å². The summed E-state index contributed by atoms with van der Waals surface area (Å²) in [7, 11) is 0. The monoisotopic (exact) mass is 427 g/mol. The SMILES string of the molecule is O=Cc1ccc(-c2ccc(C(F)(F)F)cc2)c(OCCCN2CCCC(F)(F)C2)c1. The van der Waals surface area contributed by atoms with E-state index in [0.717, 1.165) is 12.1 Å². The summed E-state index contributed by atoms with van der Waals surface area (Å²) in [6.07, 6.45) is -2.90. The number of hydrogen-bond acceptors (Lipinski definition) is 3. The predicted molar refractivity (Wildman–Crippen MR) is 103 cm³/mol. The molecule has 0 aromatic heterocycles. The van der Waals surface area contributed by atoms with Crippen molar-refractivity contribution in [3.63, 3.8) is 0 Å². The Balaban J connectivity index is 1.67. The smallest absolute Gasteiger partial charge is 0.416 e. The summed E-state index contributed by atoms with van der Waals surface area (Å²) in [5.41, 5.74) is 0.692. The van der Waals surface area contributed by atoms with Crippen LogP contribution in [0.15, 0.2) is 42.5 Å². The second kappa shape index (κ2) is 9.12. The average Bonchev–Trinajstić information content (AvgIpc) is 2.70. The zero-order valence-corrected chi connectivity index (χ0v) is 16.2. The van der Waals surface area contributed by atoms with Crippen LogP contribution in [0.5, 0.6) is 5.75 Å². The van der Waals surface area contributed by atoms with Gasteiger partial charge in [-0.2, -0.15) is 13.2 Å². The minimum Gasteiger partial charge on any atom is -0.493 e. The summed E-state index contributed by atoms with van der Waals surface area (Å²) in [4.78, 5) is 12.8. The van der Waals surface area contributed by atoms with E-state index in [1.807, 2.05) is 0 Å². The molecule has 0 spiro atoms. The lowest BCUT2D eigenvalue weighted by molar-refractivity contribution is -0.137. The molecule has 0 saturated carbocycles. The van der Waals surface area contributed by atoms with Crippen LogP contribution in [0.25, 0.3) is 11.1 Å². The van der Waals surface area contributed by atoms with E-state index in [-0.39, 0.29) is 19.6 Å². The van der Waals surface area contributed by atoms with Crippen LogP contribution in [0.3, 0.4) is 0 Å².